The maximum absolute atomic E-state index is 11.0. The van der Waals surface area contributed by atoms with Crippen LogP contribution in [0.3, 0.4) is 0 Å². The molecule has 0 aromatic heterocycles. The average Bonchev–Trinajstić information content (AvgIpc) is 2.39. The van der Waals surface area contributed by atoms with Crippen molar-refractivity contribution in [3.63, 3.8) is 0 Å². The molecule has 108 valence electrons. The summed E-state index contributed by atoms with van der Waals surface area (Å²) in [6, 6.07) is 3.75. The van der Waals surface area contributed by atoms with Crippen LogP contribution in [0.25, 0.3) is 0 Å². The number of rotatable bonds is 8. The van der Waals surface area contributed by atoms with Gasteiger partial charge in [0.25, 0.3) is 0 Å². The van der Waals surface area contributed by atoms with E-state index in [1.807, 2.05) is 0 Å². The van der Waals surface area contributed by atoms with Crippen molar-refractivity contribution < 1.29 is 19.5 Å². The molecule has 0 saturated heterocycles. The molecule has 1 unspecified atom stereocenters. The fraction of sp³-hybridized carbons (Fsp3) is 0.250. The smallest absolute Gasteiger partial charge is 0.327 e. The number of aliphatic carboxylic acids is 1. The number of amides is 2. The van der Waals surface area contributed by atoms with Gasteiger partial charge in [0.2, 0.25) is 12.3 Å². The van der Waals surface area contributed by atoms with E-state index < -0.39 is 17.9 Å². The van der Waals surface area contributed by atoms with Crippen LogP contribution in [-0.2, 0) is 15.3 Å². The van der Waals surface area contributed by atoms with Crippen LogP contribution in [0.4, 0.5) is 0 Å². The zero-order chi connectivity index (χ0) is 15.1. The number of hydrogen-bond donors (Lipinski definition) is 3. The fourth-order valence-electron chi connectivity index (χ4n) is 1.38. The number of benzene rings is 1. The number of carboxylic acids is 1. The molecule has 1 atom stereocenters. The van der Waals surface area contributed by atoms with Crippen LogP contribution in [-0.4, -0.2) is 35.2 Å². The summed E-state index contributed by atoms with van der Waals surface area (Å²) < 4.78 is 0. The number of carbonyl (C=O) groups is 3. The Hall–Kier alpha value is -1.73. The quantitative estimate of drug-likeness (QED) is 0.616. The third-order valence-corrected chi connectivity index (χ3v) is 3.88. The minimum atomic E-state index is -1.10. The predicted molar refractivity (Wildman–Crippen MR) is 76.8 cm³/mol. The minimum absolute atomic E-state index is 0.210. The Morgan fingerprint density at radius 1 is 1.50 bits per heavy atom. The first-order chi connectivity index (χ1) is 9.45. The Bertz CT molecular complexity index is 524. The molecule has 1 rings (SSSR count). The van der Waals surface area contributed by atoms with Gasteiger partial charge in [-0.1, -0.05) is 17.7 Å². The molecule has 0 fully saturated rings. The number of hydrogen-bond acceptors (Lipinski definition) is 4. The average molecular weight is 317 g/mol. The topological polar surface area (TPSA) is 109 Å². The highest BCUT2D eigenvalue weighted by Crippen LogP contribution is 2.23. The molecule has 1 aromatic rings. The molecule has 0 radical (unpaired) electrons. The third-order valence-electron chi connectivity index (χ3n) is 2.45. The summed E-state index contributed by atoms with van der Waals surface area (Å²) in [7, 11) is 0. The summed E-state index contributed by atoms with van der Waals surface area (Å²) in [5.74, 6) is -0.989. The van der Waals surface area contributed by atoms with Crippen LogP contribution in [0.2, 0.25) is 5.02 Å². The molecule has 0 aliphatic heterocycles. The second-order valence-electron chi connectivity index (χ2n) is 3.86. The van der Waals surface area contributed by atoms with Crippen molar-refractivity contribution in [2.24, 2.45) is 5.73 Å². The van der Waals surface area contributed by atoms with Gasteiger partial charge in [0.15, 0.2) is 0 Å². The number of thioether (sulfide) groups is 1. The van der Waals surface area contributed by atoms with Crippen LogP contribution in [0, 0.1) is 0 Å². The molecule has 0 saturated carbocycles. The van der Waals surface area contributed by atoms with Gasteiger partial charge in [-0.05, 0) is 17.7 Å². The molecule has 0 aliphatic rings. The normalized spacial score (nSPS) is 11.7. The van der Waals surface area contributed by atoms with Crippen molar-refractivity contribution in [2.45, 2.75) is 11.8 Å². The molecule has 6 nitrogen and oxygen atoms in total. The zero-order valence-corrected chi connectivity index (χ0v) is 11.9. The second-order valence-corrected chi connectivity index (χ2v) is 5.30. The van der Waals surface area contributed by atoms with Gasteiger partial charge in [-0.15, -0.1) is 0 Å². The van der Waals surface area contributed by atoms with E-state index in [1.165, 1.54) is 17.8 Å². The summed E-state index contributed by atoms with van der Waals surface area (Å²) in [6.07, 6.45) is 0.355. The van der Waals surface area contributed by atoms with E-state index in [2.05, 4.69) is 5.32 Å². The monoisotopic (exact) mass is 316 g/mol. The van der Waals surface area contributed by atoms with Crippen LogP contribution in [0.15, 0.2) is 18.2 Å². The van der Waals surface area contributed by atoms with Gasteiger partial charge in [0, 0.05) is 22.1 Å². The van der Waals surface area contributed by atoms with Gasteiger partial charge in [-0.2, -0.15) is 11.8 Å². The van der Waals surface area contributed by atoms with E-state index in [4.69, 9.17) is 22.4 Å². The molecule has 0 spiro atoms. The summed E-state index contributed by atoms with van der Waals surface area (Å²) in [4.78, 5) is 32.0. The molecule has 0 heterocycles. The van der Waals surface area contributed by atoms with Gasteiger partial charge in [0.05, 0.1) is 0 Å². The second kappa shape index (κ2) is 7.76. The van der Waals surface area contributed by atoms with Gasteiger partial charge in [0.1, 0.15) is 6.04 Å². The molecule has 20 heavy (non-hydrogen) atoms. The Balaban J connectivity index is 2.59. The maximum Gasteiger partial charge on any atom is 0.327 e. The van der Waals surface area contributed by atoms with E-state index in [1.54, 1.807) is 12.1 Å². The lowest BCUT2D eigenvalue weighted by Gasteiger charge is -2.11. The highest BCUT2D eigenvalue weighted by molar-refractivity contribution is 7.98. The Morgan fingerprint density at radius 2 is 2.20 bits per heavy atom. The fourth-order valence-corrected chi connectivity index (χ4v) is 2.77. The van der Waals surface area contributed by atoms with E-state index in [-0.39, 0.29) is 5.75 Å². The standard InChI is InChI=1S/C12H13ClN2O4S/c13-9-3-7(11(14)17)1-2-8(9)4-20-5-10(12(18)19)15-6-16/h1-3,6,10H,4-5H2,(H2,14,17)(H,15,16)(H,18,19). The minimum Gasteiger partial charge on any atom is -0.480 e. The van der Waals surface area contributed by atoms with E-state index in [0.717, 1.165) is 5.56 Å². The number of nitrogens with one attached hydrogen (secondary N) is 1. The summed E-state index contributed by atoms with van der Waals surface area (Å²) in [6.45, 7) is 0. The Morgan fingerprint density at radius 3 is 2.70 bits per heavy atom. The lowest BCUT2D eigenvalue weighted by Crippen LogP contribution is -2.37. The van der Waals surface area contributed by atoms with Crippen molar-refractivity contribution >= 4 is 41.6 Å². The van der Waals surface area contributed by atoms with Crippen LogP contribution in [0.1, 0.15) is 15.9 Å². The molecular weight excluding hydrogens is 304 g/mol. The molecule has 0 bridgehead atoms. The van der Waals surface area contributed by atoms with Crippen molar-refractivity contribution in [1.82, 2.24) is 5.32 Å². The van der Waals surface area contributed by atoms with E-state index in [9.17, 15) is 14.4 Å². The molecule has 2 amide bonds. The van der Waals surface area contributed by atoms with Gasteiger partial charge < -0.3 is 16.2 Å². The zero-order valence-electron chi connectivity index (χ0n) is 10.3. The molecule has 4 N–H and O–H groups in total. The SMILES string of the molecule is NC(=O)c1ccc(CSCC(NC=O)C(=O)O)c(Cl)c1. The van der Waals surface area contributed by atoms with Crippen LogP contribution < -0.4 is 11.1 Å². The first kappa shape index (κ1) is 16.3. The summed E-state index contributed by atoms with van der Waals surface area (Å²) in [5.41, 5.74) is 6.21. The first-order valence-corrected chi connectivity index (χ1v) is 7.07. The van der Waals surface area contributed by atoms with Crippen LogP contribution in [0.5, 0.6) is 0 Å². The van der Waals surface area contributed by atoms with Gasteiger partial charge in [-0.25, -0.2) is 4.79 Å². The summed E-state index contributed by atoms with van der Waals surface area (Å²) in [5, 5.41) is 11.4. The van der Waals surface area contributed by atoms with Crippen LogP contribution >= 0.6 is 23.4 Å². The molecule has 8 heteroatoms. The molecule has 1 aromatic carbocycles. The predicted octanol–water partition coefficient (Wildman–Crippen LogP) is 0.871. The van der Waals surface area contributed by atoms with E-state index in [0.29, 0.717) is 22.7 Å². The van der Waals surface area contributed by atoms with Gasteiger partial charge in [-0.3, -0.25) is 9.59 Å². The van der Waals surface area contributed by atoms with Gasteiger partial charge >= 0.3 is 5.97 Å². The highest BCUT2D eigenvalue weighted by Gasteiger charge is 2.16. The third kappa shape index (κ3) is 4.75. The number of halogens is 1. The lowest BCUT2D eigenvalue weighted by atomic mass is 10.1. The highest BCUT2D eigenvalue weighted by atomic mass is 35.5. The van der Waals surface area contributed by atoms with Crippen molar-refractivity contribution in [1.29, 1.82) is 0 Å². The number of carbonyl (C=O) groups excluding carboxylic acids is 2. The van der Waals surface area contributed by atoms with Crippen molar-refractivity contribution in [3.05, 3.63) is 34.3 Å². The Kier molecular flexibility index (Phi) is 6.33. The van der Waals surface area contributed by atoms with Crippen molar-refractivity contribution in [2.75, 3.05) is 5.75 Å². The number of carboxylic acid groups (broad SMARTS) is 1. The molecular formula is C12H13ClN2O4S. The number of nitrogens with two attached hydrogens (primary N) is 1. The first-order valence-electron chi connectivity index (χ1n) is 5.54. The largest absolute Gasteiger partial charge is 0.480 e. The Labute approximate surface area is 124 Å². The van der Waals surface area contributed by atoms with E-state index >= 15 is 0 Å². The molecule has 0 aliphatic carbocycles. The van der Waals surface area contributed by atoms with Crippen molar-refractivity contribution in [3.8, 4) is 0 Å². The number of primary amides is 1. The summed E-state index contributed by atoms with van der Waals surface area (Å²) >= 11 is 7.31. The maximum atomic E-state index is 11.0. The lowest BCUT2D eigenvalue weighted by molar-refractivity contribution is -0.139.